The van der Waals surface area contributed by atoms with E-state index in [1.54, 1.807) is 0 Å². The predicted octanol–water partition coefficient (Wildman–Crippen LogP) is 2.20. The molecule has 0 saturated heterocycles. The fourth-order valence-corrected chi connectivity index (χ4v) is 4.10. The first-order valence-electron chi connectivity index (χ1n) is 13.3. The van der Waals surface area contributed by atoms with E-state index in [1.165, 1.54) is 20.0 Å². The number of ether oxygens (including phenoxy) is 1. The number of nitrogens with two attached hydrogens (primary N) is 2. The van der Waals surface area contributed by atoms with Crippen molar-refractivity contribution < 1.29 is 19.7 Å². The van der Waals surface area contributed by atoms with Gasteiger partial charge in [0.15, 0.2) is 0 Å². The molecule has 0 aromatic rings. The third-order valence-electron chi connectivity index (χ3n) is 6.24. The molecule has 0 amide bonds. The minimum atomic E-state index is -0.844. The molecule has 8 nitrogen and oxygen atoms in total. The first-order valence-corrected chi connectivity index (χ1v) is 13.3. The molecular formula is C25H54N4O4. The number of hydrogen-bond acceptors (Lipinski definition) is 8. The van der Waals surface area contributed by atoms with Crippen LogP contribution in [0, 0.1) is 0 Å². The van der Waals surface area contributed by atoms with Crippen molar-refractivity contribution in [2.24, 2.45) is 11.5 Å². The molecule has 0 fully saturated rings. The summed E-state index contributed by atoms with van der Waals surface area (Å²) in [7, 11) is 1.42. The fourth-order valence-electron chi connectivity index (χ4n) is 4.10. The second-order valence-corrected chi connectivity index (χ2v) is 9.12. The minimum Gasteiger partial charge on any atom is -0.469 e. The van der Waals surface area contributed by atoms with Gasteiger partial charge < -0.3 is 37.1 Å². The lowest BCUT2D eigenvalue weighted by molar-refractivity contribution is -0.140. The average Bonchev–Trinajstić information content (AvgIpc) is 2.82. The highest BCUT2D eigenvalue weighted by atomic mass is 16.5. The van der Waals surface area contributed by atoms with E-state index in [0.717, 1.165) is 83.7 Å². The SMILES string of the molecule is CCCCCCC(NCCCN)C(O)C(O)C(CCCCCCCC(=O)OC)NCCCN. The highest BCUT2D eigenvalue weighted by Crippen LogP contribution is 2.17. The van der Waals surface area contributed by atoms with Crippen LogP contribution in [-0.4, -0.2) is 73.8 Å². The largest absolute Gasteiger partial charge is 0.469 e. The van der Waals surface area contributed by atoms with E-state index >= 15 is 0 Å². The molecule has 0 aliphatic rings. The maximum atomic E-state index is 11.2. The Morgan fingerprint density at radius 1 is 0.758 bits per heavy atom. The van der Waals surface area contributed by atoms with E-state index in [9.17, 15) is 15.0 Å². The van der Waals surface area contributed by atoms with Gasteiger partial charge in [-0.15, -0.1) is 0 Å². The van der Waals surface area contributed by atoms with Crippen molar-refractivity contribution in [2.75, 3.05) is 33.3 Å². The van der Waals surface area contributed by atoms with E-state index in [4.69, 9.17) is 11.5 Å². The van der Waals surface area contributed by atoms with Crippen molar-refractivity contribution >= 4 is 5.97 Å². The van der Waals surface area contributed by atoms with Crippen LogP contribution < -0.4 is 22.1 Å². The number of carbonyl (C=O) groups excluding carboxylic acids is 1. The maximum absolute atomic E-state index is 11.2. The summed E-state index contributed by atoms with van der Waals surface area (Å²) in [5, 5.41) is 29.0. The third kappa shape index (κ3) is 17.3. The van der Waals surface area contributed by atoms with E-state index in [-0.39, 0.29) is 18.1 Å². The molecule has 33 heavy (non-hydrogen) atoms. The van der Waals surface area contributed by atoms with Gasteiger partial charge in [-0.1, -0.05) is 58.3 Å². The van der Waals surface area contributed by atoms with Gasteiger partial charge in [0.05, 0.1) is 19.3 Å². The Hall–Kier alpha value is -0.770. The van der Waals surface area contributed by atoms with Crippen LogP contribution in [0.5, 0.6) is 0 Å². The number of carbonyl (C=O) groups is 1. The zero-order chi connectivity index (χ0) is 24.7. The summed E-state index contributed by atoms with van der Waals surface area (Å²) in [6.45, 7) is 4.87. The van der Waals surface area contributed by atoms with Crippen LogP contribution in [0.3, 0.4) is 0 Å². The molecule has 0 saturated carbocycles. The molecule has 4 atom stereocenters. The molecule has 0 aliphatic carbocycles. The molecular weight excluding hydrogens is 420 g/mol. The molecule has 0 bridgehead atoms. The van der Waals surface area contributed by atoms with Crippen LogP contribution in [0.1, 0.15) is 96.8 Å². The molecule has 0 spiro atoms. The molecule has 4 unspecified atom stereocenters. The highest BCUT2D eigenvalue weighted by molar-refractivity contribution is 5.68. The Morgan fingerprint density at radius 3 is 1.67 bits per heavy atom. The Kier molecular flexibility index (Phi) is 22.5. The lowest BCUT2D eigenvalue weighted by Gasteiger charge is -2.33. The van der Waals surface area contributed by atoms with Crippen LogP contribution in [-0.2, 0) is 9.53 Å². The third-order valence-corrected chi connectivity index (χ3v) is 6.24. The molecule has 0 aliphatic heterocycles. The molecule has 0 rings (SSSR count). The Labute approximate surface area is 202 Å². The van der Waals surface area contributed by atoms with E-state index in [0.29, 0.717) is 19.5 Å². The first-order chi connectivity index (χ1) is 16.0. The van der Waals surface area contributed by atoms with E-state index in [2.05, 4.69) is 22.3 Å². The maximum Gasteiger partial charge on any atom is 0.305 e. The normalized spacial score (nSPS) is 15.2. The summed E-state index contributed by atoms with van der Waals surface area (Å²) < 4.78 is 4.67. The Morgan fingerprint density at radius 2 is 1.21 bits per heavy atom. The van der Waals surface area contributed by atoms with E-state index < -0.39 is 12.2 Å². The number of hydrogen-bond donors (Lipinski definition) is 6. The summed E-state index contributed by atoms with van der Waals surface area (Å²) in [5.74, 6) is -0.152. The van der Waals surface area contributed by atoms with Gasteiger partial charge in [-0.05, 0) is 58.3 Å². The number of methoxy groups -OCH3 is 1. The average molecular weight is 475 g/mol. The standard InChI is InChI=1S/C25H54N4O4/c1-3-4-5-9-14-21(28-19-12-17-26)24(31)25(32)22(29-20-13-18-27)15-10-7-6-8-11-16-23(30)33-2/h21-22,24-25,28-29,31-32H,3-20,26-27H2,1-2H3. The van der Waals surface area contributed by atoms with Gasteiger partial charge in [0.2, 0.25) is 0 Å². The number of nitrogens with one attached hydrogen (secondary N) is 2. The molecule has 0 heterocycles. The molecule has 0 aromatic heterocycles. The number of rotatable bonds is 24. The molecule has 8 N–H and O–H groups in total. The number of aliphatic hydroxyl groups is 2. The lowest BCUT2D eigenvalue weighted by atomic mass is 9.92. The van der Waals surface area contributed by atoms with Crippen LogP contribution in [0.25, 0.3) is 0 Å². The predicted molar refractivity (Wildman–Crippen MR) is 136 cm³/mol. The molecule has 0 radical (unpaired) electrons. The summed E-state index contributed by atoms with van der Waals surface area (Å²) in [6.07, 6.45) is 11.6. The van der Waals surface area contributed by atoms with Gasteiger partial charge in [-0.25, -0.2) is 0 Å². The van der Waals surface area contributed by atoms with Crippen LogP contribution >= 0.6 is 0 Å². The summed E-state index contributed by atoms with van der Waals surface area (Å²) in [5.41, 5.74) is 11.3. The second-order valence-electron chi connectivity index (χ2n) is 9.12. The van der Waals surface area contributed by atoms with Crippen molar-refractivity contribution in [1.29, 1.82) is 0 Å². The van der Waals surface area contributed by atoms with Gasteiger partial charge in [0.1, 0.15) is 0 Å². The highest BCUT2D eigenvalue weighted by Gasteiger charge is 2.31. The number of unbranched alkanes of at least 4 members (excludes halogenated alkanes) is 7. The molecule has 198 valence electrons. The van der Waals surface area contributed by atoms with Gasteiger partial charge in [-0.3, -0.25) is 4.79 Å². The fraction of sp³-hybridized carbons (Fsp3) is 0.960. The quantitative estimate of drug-likeness (QED) is 0.0923. The van der Waals surface area contributed by atoms with Crippen molar-refractivity contribution in [3.63, 3.8) is 0 Å². The van der Waals surface area contributed by atoms with Crippen molar-refractivity contribution in [3.8, 4) is 0 Å². The summed E-state index contributed by atoms with van der Waals surface area (Å²) in [4.78, 5) is 11.2. The number of aliphatic hydroxyl groups excluding tert-OH is 2. The second kappa shape index (κ2) is 23.0. The van der Waals surface area contributed by atoms with Crippen LogP contribution in [0.15, 0.2) is 0 Å². The molecule has 8 heteroatoms. The smallest absolute Gasteiger partial charge is 0.305 e. The van der Waals surface area contributed by atoms with Crippen molar-refractivity contribution in [2.45, 2.75) is 121 Å². The van der Waals surface area contributed by atoms with Crippen molar-refractivity contribution in [1.82, 2.24) is 10.6 Å². The van der Waals surface area contributed by atoms with Gasteiger partial charge in [0.25, 0.3) is 0 Å². The topological polar surface area (TPSA) is 143 Å². The Balaban J connectivity index is 4.70. The molecule has 0 aromatic carbocycles. The minimum absolute atomic E-state index is 0.138. The summed E-state index contributed by atoms with van der Waals surface area (Å²) >= 11 is 0. The van der Waals surface area contributed by atoms with Gasteiger partial charge in [-0.2, -0.15) is 0 Å². The Bertz CT molecular complexity index is 443. The van der Waals surface area contributed by atoms with E-state index in [1.807, 2.05) is 0 Å². The lowest BCUT2D eigenvalue weighted by Crippen LogP contribution is -2.54. The zero-order valence-corrected chi connectivity index (χ0v) is 21.4. The van der Waals surface area contributed by atoms with Crippen LogP contribution in [0.2, 0.25) is 0 Å². The first kappa shape index (κ1) is 32.2. The zero-order valence-electron chi connectivity index (χ0n) is 21.4. The number of esters is 1. The van der Waals surface area contributed by atoms with Gasteiger partial charge in [0, 0.05) is 18.5 Å². The van der Waals surface area contributed by atoms with Gasteiger partial charge >= 0.3 is 5.97 Å². The van der Waals surface area contributed by atoms with Crippen molar-refractivity contribution in [3.05, 3.63) is 0 Å². The van der Waals surface area contributed by atoms with Crippen LogP contribution in [0.4, 0.5) is 0 Å². The summed E-state index contributed by atoms with van der Waals surface area (Å²) in [6, 6.07) is -0.309. The monoisotopic (exact) mass is 474 g/mol.